The van der Waals surface area contributed by atoms with E-state index >= 15 is 0 Å². The van der Waals surface area contributed by atoms with Crippen LogP contribution in [0.1, 0.15) is 41.0 Å². The van der Waals surface area contributed by atoms with Crippen molar-refractivity contribution in [1.82, 2.24) is 4.90 Å². The standard InChI is InChI=1S/C11H24N2O/c1-8(2)7-9(3)13(6)10(14)11(4,5)12/h8-9H,7,12H2,1-6H3. The van der Waals surface area contributed by atoms with Gasteiger partial charge in [0.05, 0.1) is 5.54 Å². The van der Waals surface area contributed by atoms with Crippen molar-refractivity contribution in [2.75, 3.05) is 7.05 Å². The number of nitrogens with two attached hydrogens (primary N) is 1. The summed E-state index contributed by atoms with van der Waals surface area (Å²) in [5.41, 5.74) is 4.99. The fourth-order valence-corrected chi connectivity index (χ4v) is 1.50. The minimum atomic E-state index is -0.764. The van der Waals surface area contributed by atoms with Crippen molar-refractivity contribution in [2.45, 2.75) is 52.6 Å². The molecule has 0 aliphatic heterocycles. The number of hydrogen-bond donors (Lipinski definition) is 1. The lowest BCUT2D eigenvalue weighted by Crippen LogP contribution is -2.52. The first-order valence-electron chi connectivity index (χ1n) is 5.22. The highest BCUT2D eigenvalue weighted by Crippen LogP contribution is 2.12. The summed E-state index contributed by atoms with van der Waals surface area (Å²) in [5, 5.41) is 0. The number of carbonyl (C=O) groups excluding carboxylic acids is 1. The molecule has 1 atom stereocenters. The third-order valence-corrected chi connectivity index (χ3v) is 2.35. The van der Waals surface area contributed by atoms with Crippen molar-refractivity contribution in [3.63, 3.8) is 0 Å². The summed E-state index contributed by atoms with van der Waals surface area (Å²) >= 11 is 0. The first-order valence-corrected chi connectivity index (χ1v) is 5.22. The van der Waals surface area contributed by atoms with Gasteiger partial charge in [-0.1, -0.05) is 13.8 Å². The van der Waals surface area contributed by atoms with Crippen LogP contribution in [-0.2, 0) is 4.79 Å². The van der Waals surface area contributed by atoms with Crippen LogP contribution in [0.2, 0.25) is 0 Å². The highest BCUT2D eigenvalue weighted by molar-refractivity contribution is 5.85. The van der Waals surface area contributed by atoms with Crippen molar-refractivity contribution in [1.29, 1.82) is 0 Å². The molecule has 0 spiro atoms. The smallest absolute Gasteiger partial charge is 0.242 e. The number of carbonyl (C=O) groups is 1. The molecule has 0 fully saturated rings. The van der Waals surface area contributed by atoms with Crippen LogP contribution in [0.25, 0.3) is 0 Å². The second-order valence-electron chi connectivity index (χ2n) is 5.12. The Labute approximate surface area is 87.6 Å². The molecule has 0 aromatic heterocycles. The molecule has 3 heteroatoms. The Morgan fingerprint density at radius 3 is 2.07 bits per heavy atom. The summed E-state index contributed by atoms with van der Waals surface area (Å²) in [4.78, 5) is 13.5. The van der Waals surface area contributed by atoms with Gasteiger partial charge in [0, 0.05) is 13.1 Å². The maximum absolute atomic E-state index is 11.8. The van der Waals surface area contributed by atoms with Crippen molar-refractivity contribution < 1.29 is 4.79 Å². The first kappa shape index (κ1) is 13.4. The highest BCUT2D eigenvalue weighted by atomic mass is 16.2. The third kappa shape index (κ3) is 4.09. The molecule has 3 nitrogen and oxygen atoms in total. The van der Waals surface area contributed by atoms with Gasteiger partial charge in [-0.2, -0.15) is 0 Å². The SMILES string of the molecule is CC(C)CC(C)N(C)C(=O)C(C)(C)N. The Hall–Kier alpha value is -0.570. The summed E-state index contributed by atoms with van der Waals surface area (Å²) in [7, 11) is 1.82. The molecular formula is C11H24N2O. The first-order chi connectivity index (χ1) is 6.16. The number of amides is 1. The van der Waals surface area contributed by atoms with E-state index < -0.39 is 5.54 Å². The van der Waals surface area contributed by atoms with Crippen LogP contribution >= 0.6 is 0 Å². The van der Waals surface area contributed by atoms with Crippen LogP contribution in [0.15, 0.2) is 0 Å². The molecule has 0 bridgehead atoms. The van der Waals surface area contributed by atoms with Gasteiger partial charge < -0.3 is 10.6 Å². The molecule has 0 saturated carbocycles. The number of nitrogens with zero attached hydrogens (tertiary/aromatic N) is 1. The molecule has 0 aromatic carbocycles. The second-order valence-corrected chi connectivity index (χ2v) is 5.12. The van der Waals surface area contributed by atoms with Gasteiger partial charge in [0.25, 0.3) is 0 Å². The van der Waals surface area contributed by atoms with Crippen LogP contribution in [0.3, 0.4) is 0 Å². The van der Waals surface area contributed by atoms with Gasteiger partial charge >= 0.3 is 0 Å². The lowest BCUT2D eigenvalue weighted by molar-refractivity contribution is -0.136. The van der Waals surface area contributed by atoms with E-state index in [1.165, 1.54) is 0 Å². The molecule has 0 saturated heterocycles. The molecule has 0 aliphatic rings. The average molecular weight is 200 g/mol. The summed E-state index contributed by atoms with van der Waals surface area (Å²) < 4.78 is 0. The summed E-state index contributed by atoms with van der Waals surface area (Å²) in [6, 6.07) is 0.255. The average Bonchev–Trinajstić information content (AvgIpc) is 1.98. The van der Waals surface area contributed by atoms with Crippen molar-refractivity contribution in [3.05, 3.63) is 0 Å². The van der Waals surface area contributed by atoms with Crippen LogP contribution in [0, 0.1) is 5.92 Å². The Morgan fingerprint density at radius 2 is 1.79 bits per heavy atom. The van der Waals surface area contributed by atoms with Crippen molar-refractivity contribution >= 4 is 5.91 Å². The minimum Gasteiger partial charge on any atom is -0.341 e. The van der Waals surface area contributed by atoms with Gasteiger partial charge in [0.15, 0.2) is 0 Å². The van der Waals surface area contributed by atoms with E-state index in [0.717, 1.165) is 6.42 Å². The summed E-state index contributed by atoms with van der Waals surface area (Å²) in [5.74, 6) is 0.604. The molecule has 0 radical (unpaired) electrons. The molecule has 84 valence electrons. The molecule has 1 amide bonds. The Morgan fingerprint density at radius 1 is 1.36 bits per heavy atom. The van der Waals surface area contributed by atoms with Gasteiger partial charge in [0.2, 0.25) is 5.91 Å². The second kappa shape index (κ2) is 4.78. The van der Waals surface area contributed by atoms with E-state index in [2.05, 4.69) is 20.8 Å². The number of rotatable bonds is 4. The normalized spacial score (nSPS) is 14.3. The van der Waals surface area contributed by atoms with Crippen molar-refractivity contribution in [2.24, 2.45) is 11.7 Å². The predicted molar refractivity (Wildman–Crippen MR) is 60.0 cm³/mol. The molecule has 0 rings (SSSR count). The van der Waals surface area contributed by atoms with E-state index in [4.69, 9.17) is 5.73 Å². The largest absolute Gasteiger partial charge is 0.341 e. The quantitative estimate of drug-likeness (QED) is 0.749. The van der Waals surface area contributed by atoms with Crippen molar-refractivity contribution in [3.8, 4) is 0 Å². The molecule has 1 unspecified atom stereocenters. The summed E-state index contributed by atoms with van der Waals surface area (Å²) in [6.07, 6.45) is 1.01. The third-order valence-electron chi connectivity index (χ3n) is 2.35. The minimum absolute atomic E-state index is 0.00523. The number of likely N-dealkylation sites (N-methyl/N-ethyl adjacent to an activating group) is 1. The highest BCUT2D eigenvalue weighted by Gasteiger charge is 2.28. The number of hydrogen-bond acceptors (Lipinski definition) is 2. The molecule has 14 heavy (non-hydrogen) atoms. The maximum Gasteiger partial charge on any atom is 0.242 e. The van der Waals surface area contributed by atoms with Gasteiger partial charge in [0.1, 0.15) is 0 Å². The van der Waals surface area contributed by atoms with Crippen LogP contribution < -0.4 is 5.73 Å². The van der Waals surface area contributed by atoms with Gasteiger partial charge in [-0.25, -0.2) is 0 Å². The Kier molecular flexibility index (Phi) is 4.59. The molecular weight excluding hydrogens is 176 g/mol. The van der Waals surface area contributed by atoms with E-state index in [-0.39, 0.29) is 11.9 Å². The van der Waals surface area contributed by atoms with Crippen LogP contribution in [-0.4, -0.2) is 29.4 Å². The van der Waals surface area contributed by atoms with E-state index in [1.54, 1.807) is 18.7 Å². The van der Waals surface area contributed by atoms with Crippen LogP contribution in [0.4, 0.5) is 0 Å². The lowest BCUT2D eigenvalue weighted by Gasteiger charge is -2.31. The van der Waals surface area contributed by atoms with Gasteiger partial charge in [-0.15, -0.1) is 0 Å². The fraction of sp³-hybridized carbons (Fsp3) is 0.909. The van der Waals surface area contributed by atoms with E-state index in [0.29, 0.717) is 5.92 Å². The maximum atomic E-state index is 11.8. The fourth-order valence-electron chi connectivity index (χ4n) is 1.50. The van der Waals surface area contributed by atoms with Crippen LogP contribution in [0.5, 0.6) is 0 Å². The van der Waals surface area contributed by atoms with E-state index in [9.17, 15) is 4.79 Å². The zero-order valence-corrected chi connectivity index (χ0v) is 10.3. The lowest BCUT2D eigenvalue weighted by atomic mass is 10.0. The van der Waals surface area contributed by atoms with E-state index in [1.807, 2.05) is 7.05 Å². The Balaban J connectivity index is 4.32. The monoisotopic (exact) mass is 200 g/mol. The van der Waals surface area contributed by atoms with Gasteiger partial charge in [-0.05, 0) is 33.1 Å². The molecule has 0 heterocycles. The topological polar surface area (TPSA) is 46.3 Å². The predicted octanol–water partition coefficient (Wildman–Crippen LogP) is 1.62. The van der Waals surface area contributed by atoms with Gasteiger partial charge in [-0.3, -0.25) is 4.79 Å². The summed E-state index contributed by atoms with van der Waals surface area (Å²) in [6.45, 7) is 9.86. The molecule has 0 aromatic rings. The molecule has 2 N–H and O–H groups in total. The zero-order valence-electron chi connectivity index (χ0n) is 10.3. The molecule has 0 aliphatic carbocycles. The Bertz CT molecular complexity index is 194. The zero-order chi connectivity index (χ0) is 11.5.